The Morgan fingerprint density at radius 1 is 1.47 bits per heavy atom. The fraction of sp³-hybridized carbons (Fsp3) is 0.571. The van der Waals surface area contributed by atoms with Crippen molar-refractivity contribution < 1.29 is 9.84 Å². The molecule has 17 heavy (non-hydrogen) atoms. The molecule has 1 saturated heterocycles. The van der Waals surface area contributed by atoms with Gasteiger partial charge in [-0.15, -0.1) is 0 Å². The van der Waals surface area contributed by atoms with Crippen LogP contribution < -0.4 is 0 Å². The van der Waals surface area contributed by atoms with Gasteiger partial charge in [0.05, 0.1) is 12.7 Å². The number of benzene rings is 1. The van der Waals surface area contributed by atoms with Crippen molar-refractivity contribution >= 4 is 0 Å². The molecule has 0 amide bonds. The lowest BCUT2D eigenvalue weighted by molar-refractivity contribution is -0.0784. The minimum Gasteiger partial charge on any atom is -0.508 e. The van der Waals surface area contributed by atoms with Crippen molar-refractivity contribution in [2.75, 3.05) is 19.7 Å². The SMILES string of the molecule is CCN1CCO[C@@H]2c3cc(O)ccc3CC[C@H]21. The van der Waals surface area contributed by atoms with Gasteiger partial charge in [-0.05, 0) is 42.6 Å². The van der Waals surface area contributed by atoms with Crippen LogP contribution in [0.25, 0.3) is 0 Å². The number of ether oxygens (including phenoxy) is 1. The molecule has 3 rings (SSSR count). The van der Waals surface area contributed by atoms with Gasteiger partial charge in [0.15, 0.2) is 0 Å². The Morgan fingerprint density at radius 3 is 3.18 bits per heavy atom. The quantitative estimate of drug-likeness (QED) is 0.806. The number of morpholine rings is 1. The van der Waals surface area contributed by atoms with E-state index in [1.807, 2.05) is 12.1 Å². The second-order valence-corrected chi connectivity index (χ2v) is 4.91. The minimum absolute atomic E-state index is 0.152. The topological polar surface area (TPSA) is 32.7 Å². The van der Waals surface area contributed by atoms with Crippen LogP contribution in [0, 0.1) is 0 Å². The lowest BCUT2D eigenvalue weighted by Gasteiger charge is -2.44. The summed E-state index contributed by atoms with van der Waals surface area (Å²) in [4.78, 5) is 2.50. The first-order valence-corrected chi connectivity index (χ1v) is 6.47. The third kappa shape index (κ3) is 1.83. The second-order valence-electron chi connectivity index (χ2n) is 4.91. The van der Waals surface area contributed by atoms with E-state index in [1.165, 1.54) is 11.1 Å². The summed E-state index contributed by atoms with van der Waals surface area (Å²) < 4.78 is 5.94. The number of aryl methyl sites for hydroxylation is 1. The van der Waals surface area contributed by atoms with Crippen molar-refractivity contribution in [3.05, 3.63) is 29.3 Å². The first kappa shape index (κ1) is 11.1. The van der Waals surface area contributed by atoms with Crippen LogP contribution >= 0.6 is 0 Å². The van der Waals surface area contributed by atoms with E-state index in [0.29, 0.717) is 11.8 Å². The molecule has 2 atom stereocenters. The molecule has 1 aliphatic heterocycles. The summed E-state index contributed by atoms with van der Waals surface area (Å²) in [6.45, 7) is 5.12. The summed E-state index contributed by atoms with van der Waals surface area (Å²) >= 11 is 0. The van der Waals surface area contributed by atoms with Crippen molar-refractivity contribution in [3.63, 3.8) is 0 Å². The highest BCUT2D eigenvalue weighted by molar-refractivity contribution is 5.39. The maximum absolute atomic E-state index is 9.63. The molecule has 1 fully saturated rings. The van der Waals surface area contributed by atoms with Gasteiger partial charge in [-0.3, -0.25) is 4.90 Å². The van der Waals surface area contributed by atoms with Crippen LogP contribution in [0.5, 0.6) is 5.75 Å². The van der Waals surface area contributed by atoms with Crippen LogP contribution in [0.1, 0.15) is 30.6 Å². The summed E-state index contributed by atoms with van der Waals surface area (Å²) in [5.74, 6) is 0.349. The third-order valence-electron chi connectivity index (χ3n) is 4.05. The number of rotatable bonds is 1. The summed E-state index contributed by atoms with van der Waals surface area (Å²) in [6.07, 6.45) is 2.41. The van der Waals surface area contributed by atoms with Gasteiger partial charge in [0, 0.05) is 12.6 Å². The Balaban J connectivity index is 1.97. The zero-order valence-electron chi connectivity index (χ0n) is 10.2. The molecule has 3 heteroatoms. The van der Waals surface area contributed by atoms with Crippen LogP contribution in [-0.4, -0.2) is 35.7 Å². The number of hydrogen-bond acceptors (Lipinski definition) is 3. The van der Waals surface area contributed by atoms with Crippen LogP contribution in [0.3, 0.4) is 0 Å². The molecule has 1 N–H and O–H groups in total. The van der Waals surface area contributed by atoms with Crippen molar-refractivity contribution in [2.45, 2.75) is 31.9 Å². The highest BCUT2D eigenvalue weighted by Gasteiger charge is 2.36. The Hall–Kier alpha value is -1.06. The number of aromatic hydroxyl groups is 1. The first-order valence-electron chi connectivity index (χ1n) is 6.47. The monoisotopic (exact) mass is 233 g/mol. The van der Waals surface area contributed by atoms with Gasteiger partial charge in [-0.1, -0.05) is 13.0 Å². The Morgan fingerprint density at radius 2 is 2.35 bits per heavy atom. The van der Waals surface area contributed by atoms with Crippen LogP contribution in [0.2, 0.25) is 0 Å². The van der Waals surface area contributed by atoms with E-state index < -0.39 is 0 Å². The highest BCUT2D eigenvalue weighted by Crippen LogP contribution is 2.38. The Kier molecular flexibility index (Phi) is 2.81. The van der Waals surface area contributed by atoms with E-state index in [-0.39, 0.29) is 6.10 Å². The fourth-order valence-corrected chi connectivity index (χ4v) is 3.17. The molecule has 1 heterocycles. The lowest BCUT2D eigenvalue weighted by Crippen LogP contribution is -2.48. The average Bonchev–Trinajstić information content (AvgIpc) is 2.37. The van der Waals surface area contributed by atoms with Gasteiger partial charge in [-0.2, -0.15) is 0 Å². The molecular formula is C14H19NO2. The zero-order valence-corrected chi connectivity index (χ0v) is 10.2. The van der Waals surface area contributed by atoms with Gasteiger partial charge < -0.3 is 9.84 Å². The molecular weight excluding hydrogens is 214 g/mol. The van der Waals surface area contributed by atoms with E-state index >= 15 is 0 Å². The van der Waals surface area contributed by atoms with Crippen molar-refractivity contribution in [3.8, 4) is 5.75 Å². The van der Waals surface area contributed by atoms with E-state index in [9.17, 15) is 5.11 Å². The number of likely N-dealkylation sites (N-methyl/N-ethyl adjacent to an activating group) is 1. The molecule has 0 radical (unpaired) electrons. The molecule has 0 spiro atoms. The largest absolute Gasteiger partial charge is 0.508 e. The third-order valence-corrected chi connectivity index (χ3v) is 4.05. The maximum atomic E-state index is 9.63. The number of nitrogens with zero attached hydrogens (tertiary/aromatic N) is 1. The molecule has 0 aromatic heterocycles. The van der Waals surface area contributed by atoms with E-state index in [2.05, 4.69) is 11.8 Å². The molecule has 0 saturated carbocycles. The van der Waals surface area contributed by atoms with Crippen molar-refractivity contribution in [2.24, 2.45) is 0 Å². The summed E-state index contributed by atoms with van der Waals surface area (Å²) in [6, 6.07) is 6.18. The van der Waals surface area contributed by atoms with Crippen LogP contribution in [0.4, 0.5) is 0 Å². The number of fused-ring (bicyclic) bond motifs is 3. The molecule has 0 bridgehead atoms. The van der Waals surface area contributed by atoms with Crippen LogP contribution in [-0.2, 0) is 11.2 Å². The maximum Gasteiger partial charge on any atom is 0.115 e. The Bertz CT molecular complexity index is 419. The smallest absolute Gasteiger partial charge is 0.115 e. The molecule has 3 nitrogen and oxygen atoms in total. The molecule has 1 aromatic rings. The van der Waals surface area contributed by atoms with Gasteiger partial charge in [0.2, 0.25) is 0 Å². The van der Waals surface area contributed by atoms with Gasteiger partial charge in [-0.25, -0.2) is 0 Å². The fourth-order valence-electron chi connectivity index (χ4n) is 3.17. The molecule has 2 aliphatic rings. The van der Waals surface area contributed by atoms with Crippen LogP contribution in [0.15, 0.2) is 18.2 Å². The van der Waals surface area contributed by atoms with Crippen molar-refractivity contribution in [1.82, 2.24) is 4.90 Å². The van der Waals surface area contributed by atoms with Gasteiger partial charge in [0.1, 0.15) is 5.75 Å². The normalized spacial score (nSPS) is 28.5. The lowest BCUT2D eigenvalue weighted by atomic mass is 9.84. The zero-order chi connectivity index (χ0) is 11.8. The summed E-state index contributed by atoms with van der Waals surface area (Å²) in [5.41, 5.74) is 2.53. The minimum atomic E-state index is 0.152. The number of phenols is 1. The molecule has 1 aromatic carbocycles. The Labute approximate surface area is 102 Å². The van der Waals surface area contributed by atoms with E-state index in [4.69, 9.17) is 4.74 Å². The molecule has 92 valence electrons. The standard InChI is InChI=1S/C14H19NO2/c1-2-15-7-8-17-14-12-9-11(16)5-3-10(12)4-6-13(14)15/h3,5,9,13-14,16H,2,4,6-8H2,1H3/t13-,14-/m1/s1. The van der Waals surface area contributed by atoms with Crippen molar-refractivity contribution in [1.29, 1.82) is 0 Å². The predicted molar refractivity (Wildman–Crippen MR) is 66.2 cm³/mol. The number of phenolic OH excluding ortho intramolecular Hbond substituents is 1. The second kappa shape index (κ2) is 4.31. The predicted octanol–water partition coefficient (Wildman–Crippen LogP) is 2.10. The molecule has 1 aliphatic carbocycles. The molecule has 0 unspecified atom stereocenters. The summed E-state index contributed by atoms with van der Waals surface area (Å²) in [5, 5.41) is 9.63. The first-order chi connectivity index (χ1) is 8.29. The summed E-state index contributed by atoms with van der Waals surface area (Å²) in [7, 11) is 0. The number of hydrogen-bond donors (Lipinski definition) is 1. The van der Waals surface area contributed by atoms with E-state index in [0.717, 1.165) is 32.5 Å². The average molecular weight is 233 g/mol. The van der Waals surface area contributed by atoms with E-state index in [1.54, 1.807) is 6.07 Å². The highest BCUT2D eigenvalue weighted by atomic mass is 16.5. The van der Waals surface area contributed by atoms with Gasteiger partial charge in [0.25, 0.3) is 0 Å². The van der Waals surface area contributed by atoms with Gasteiger partial charge >= 0.3 is 0 Å².